The Morgan fingerprint density at radius 2 is 2.27 bits per heavy atom. The first-order chi connectivity index (χ1) is 7.20. The van der Waals surface area contributed by atoms with E-state index in [1.54, 1.807) is 24.7 Å². The van der Waals surface area contributed by atoms with Gasteiger partial charge in [0.2, 0.25) is 0 Å². The Morgan fingerprint density at radius 3 is 2.73 bits per heavy atom. The van der Waals surface area contributed by atoms with Crippen LogP contribution in [0.1, 0.15) is 30.8 Å². The highest BCUT2D eigenvalue weighted by molar-refractivity contribution is 7.07. The highest BCUT2D eigenvalue weighted by atomic mass is 32.1. The standard InChI is InChI=1S/C10H13NO3S/c1-3-7(10(13)14-4-2)9(12)8-5-15-6-11-8/h5-7H,3-4H2,1-2H3. The molecule has 0 spiro atoms. The molecule has 0 aliphatic rings. The molecule has 4 nitrogen and oxygen atoms in total. The van der Waals surface area contributed by atoms with Crippen LogP contribution < -0.4 is 0 Å². The first-order valence-corrected chi connectivity index (χ1v) is 5.74. The van der Waals surface area contributed by atoms with E-state index >= 15 is 0 Å². The van der Waals surface area contributed by atoms with Crippen molar-refractivity contribution in [1.29, 1.82) is 0 Å². The third-order valence-corrected chi connectivity index (χ3v) is 2.57. The number of ketones is 1. The molecule has 0 N–H and O–H groups in total. The molecule has 0 radical (unpaired) electrons. The SMILES string of the molecule is CCOC(=O)C(CC)C(=O)c1cscn1. The zero-order valence-electron chi connectivity index (χ0n) is 8.73. The van der Waals surface area contributed by atoms with Crippen LogP contribution >= 0.6 is 11.3 Å². The quantitative estimate of drug-likeness (QED) is 0.438. The molecule has 0 fully saturated rings. The summed E-state index contributed by atoms with van der Waals surface area (Å²) in [6.07, 6.45) is 0.440. The Balaban J connectivity index is 2.75. The number of ether oxygens (including phenoxy) is 1. The van der Waals surface area contributed by atoms with Gasteiger partial charge >= 0.3 is 5.97 Å². The van der Waals surface area contributed by atoms with E-state index < -0.39 is 11.9 Å². The summed E-state index contributed by atoms with van der Waals surface area (Å²) in [4.78, 5) is 27.1. The predicted molar refractivity (Wildman–Crippen MR) is 56.9 cm³/mol. The smallest absolute Gasteiger partial charge is 0.316 e. The van der Waals surface area contributed by atoms with Crippen molar-refractivity contribution in [2.24, 2.45) is 5.92 Å². The van der Waals surface area contributed by atoms with Crippen molar-refractivity contribution >= 4 is 23.1 Å². The van der Waals surface area contributed by atoms with E-state index in [2.05, 4.69) is 4.98 Å². The first kappa shape index (κ1) is 11.8. The summed E-state index contributed by atoms with van der Waals surface area (Å²) in [5.41, 5.74) is 1.92. The molecule has 0 aliphatic heterocycles. The normalized spacial score (nSPS) is 12.1. The van der Waals surface area contributed by atoms with Crippen LogP contribution in [0.15, 0.2) is 10.9 Å². The molecule has 1 aromatic rings. The van der Waals surface area contributed by atoms with Gasteiger partial charge in [-0.25, -0.2) is 4.98 Å². The number of hydrogen-bond donors (Lipinski definition) is 0. The van der Waals surface area contributed by atoms with Crippen LogP contribution in [-0.2, 0) is 9.53 Å². The maximum Gasteiger partial charge on any atom is 0.316 e. The molecule has 82 valence electrons. The van der Waals surface area contributed by atoms with Crippen molar-refractivity contribution in [2.75, 3.05) is 6.61 Å². The van der Waals surface area contributed by atoms with Gasteiger partial charge in [-0.15, -0.1) is 11.3 Å². The number of nitrogens with zero attached hydrogens (tertiary/aromatic N) is 1. The van der Waals surface area contributed by atoms with Gasteiger partial charge in [-0.2, -0.15) is 0 Å². The van der Waals surface area contributed by atoms with Crippen LogP contribution in [0.25, 0.3) is 0 Å². The summed E-state index contributed by atoms with van der Waals surface area (Å²) in [6.45, 7) is 3.80. The molecule has 1 aromatic heterocycles. The predicted octanol–water partition coefficient (Wildman–Crippen LogP) is 1.92. The van der Waals surface area contributed by atoms with Gasteiger partial charge in [0.15, 0.2) is 5.78 Å². The number of hydrogen-bond acceptors (Lipinski definition) is 5. The van der Waals surface area contributed by atoms with E-state index in [1.165, 1.54) is 11.3 Å². The van der Waals surface area contributed by atoms with Crippen LogP contribution in [0.4, 0.5) is 0 Å². The van der Waals surface area contributed by atoms with Crippen molar-refractivity contribution in [2.45, 2.75) is 20.3 Å². The second-order valence-corrected chi connectivity index (χ2v) is 3.67. The second kappa shape index (κ2) is 5.60. The molecule has 1 rings (SSSR count). The van der Waals surface area contributed by atoms with Gasteiger partial charge < -0.3 is 4.74 Å². The number of carbonyl (C=O) groups is 2. The molecule has 0 aliphatic carbocycles. The first-order valence-electron chi connectivity index (χ1n) is 4.79. The van der Waals surface area contributed by atoms with Crippen molar-refractivity contribution in [3.8, 4) is 0 Å². The maximum atomic E-state index is 11.8. The lowest BCUT2D eigenvalue weighted by atomic mass is 9.99. The number of rotatable bonds is 5. The molecule has 1 unspecified atom stereocenters. The minimum Gasteiger partial charge on any atom is -0.465 e. The highest BCUT2D eigenvalue weighted by Crippen LogP contribution is 2.14. The number of thiazole rings is 1. The number of Topliss-reactive ketones (excluding diaryl/α,β-unsaturated/α-hetero) is 1. The molecule has 0 bridgehead atoms. The van der Waals surface area contributed by atoms with E-state index in [9.17, 15) is 9.59 Å². The number of aromatic nitrogens is 1. The zero-order chi connectivity index (χ0) is 11.3. The summed E-state index contributed by atoms with van der Waals surface area (Å²) < 4.78 is 4.83. The molecule has 1 atom stereocenters. The molecule has 0 saturated carbocycles. The lowest BCUT2D eigenvalue weighted by Gasteiger charge is -2.10. The Hall–Kier alpha value is -1.23. The molecule has 5 heteroatoms. The Morgan fingerprint density at radius 1 is 1.53 bits per heavy atom. The maximum absolute atomic E-state index is 11.8. The van der Waals surface area contributed by atoms with Gasteiger partial charge in [-0.05, 0) is 13.3 Å². The number of esters is 1. The fourth-order valence-corrected chi connectivity index (χ4v) is 1.76. The van der Waals surface area contributed by atoms with E-state index in [-0.39, 0.29) is 5.78 Å². The van der Waals surface area contributed by atoms with Gasteiger partial charge in [0.1, 0.15) is 11.6 Å². The molecule has 1 heterocycles. The second-order valence-electron chi connectivity index (χ2n) is 2.95. The monoisotopic (exact) mass is 227 g/mol. The zero-order valence-corrected chi connectivity index (χ0v) is 9.54. The van der Waals surface area contributed by atoms with Crippen molar-refractivity contribution in [1.82, 2.24) is 4.98 Å². The number of carbonyl (C=O) groups excluding carboxylic acids is 2. The molecule has 0 saturated heterocycles. The molecular formula is C10H13NO3S. The van der Waals surface area contributed by atoms with Gasteiger partial charge in [0.05, 0.1) is 12.1 Å². The summed E-state index contributed by atoms with van der Waals surface area (Å²) in [5, 5.41) is 1.64. The Labute approximate surface area is 92.3 Å². The van der Waals surface area contributed by atoms with E-state index in [1.807, 2.05) is 0 Å². The molecule has 15 heavy (non-hydrogen) atoms. The average Bonchev–Trinajstić information content (AvgIpc) is 2.71. The van der Waals surface area contributed by atoms with Crippen LogP contribution in [-0.4, -0.2) is 23.3 Å². The summed E-state index contributed by atoms with van der Waals surface area (Å²) in [5.74, 6) is -1.43. The van der Waals surface area contributed by atoms with Gasteiger partial charge in [0.25, 0.3) is 0 Å². The fourth-order valence-electron chi connectivity index (χ4n) is 1.21. The minimum atomic E-state index is -0.716. The Bertz CT molecular complexity index is 334. The highest BCUT2D eigenvalue weighted by Gasteiger charge is 2.28. The van der Waals surface area contributed by atoms with Gasteiger partial charge in [-0.1, -0.05) is 6.92 Å². The molecule has 0 aromatic carbocycles. The van der Waals surface area contributed by atoms with Crippen molar-refractivity contribution < 1.29 is 14.3 Å². The lowest BCUT2D eigenvalue weighted by Crippen LogP contribution is -2.25. The van der Waals surface area contributed by atoms with Crippen LogP contribution in [0, 0.1) is 5.92 Å². The largest absolute Gasteiger partial charge is 0.465 e. The third kappa shape index (κ3) is 2.86. The fraction of sp³-hybridized carbons (Fsp3) is 0.500. The van der Waals surface area contributed by atoms with E-state index in [0.29, 0.717) is 18.7 Å². The lowest BCUT2D eigenvalue weighted by molar-refractivity contribution is -0.146. The summed E-state index contributed by atoms with van der Waals surface area (Å²) in [7, 11) is 0. The van der Waals surface area contributed by atoms with Crippen LogP contribution in [0.2, 0.25) is 0 Å². The van der Waals surface area contributed by atoms with Gasteiger partial charge in [-0.3, -0.25) is 9.59 Å². The summed E-state index contributed by atoms with van der Waals surface area (Å²) >= 11 is 1.34. The van der Waals surface area contributed by atoms with Crippen molar-refractivity contribution in [3.63, 3.8) is 0 Å². The minimum absolute atomic E-state index is 0.253. The van der Waals surface area contributed by atoms with Gasteiger partial charge in [0, 0.05) is 5.38 Å². The topological polar surface area (TPSA) is 56.3 Å². The Kier molecular flexibility index (Phi) is 4.42. The van der Waals surface area contributed by atoms with Crippen molar-refractivity contribution in [3.05, 3.63) is 16.6 Å². The van der Waals surface area contributed by atoms with Crippen LogP contribution in [0.5, 0.6) is 0 Å². The van der Waals surface area contributed by atoms with E-state index in [4.69, 9.17) is 4.74 Å². The molecule has 0 amide bonds. The summed E-state index contributed by atoms with van der Waals surface area (Å²) in [6, 6.07) is 0. The van der Waals surface area contributed by atoms with E-state index in [0.717, 1.165) is 0 Å². The third-order valence-electron chi connectivity index (χ3n) is 1.98. The average molecular weight is 227 g/mol. The van der Waals surface area contributed by atoms with Crippen LogP contribution in [0.3, 0.4) is 0 Å². The molecular weight excluding hydrogens is 214 g/mol.